The van der Waals surface area contributed by atoms with Gasteiger partial charge in [0.1, 0.15) is 5.75 Å². The molecule has 0 unspecified atom stereocenters. The maximum Gasteiger partial charge on any atom is 0.273 e. The van der Waals surface area contributed by atoms with Crippen molar-refractivity contribution in [3.63, 3.8) is 0 Å². The Bertz CT molecular complexity index is 372. The van der Waals surface area contributed by atoms with Gasteiger partial charge in [-0.15, -0.1) is 0 Å². The predicted octanol–water partition coefficient (Wildman–Crippen LogP) is 2.44. The highest BCUT2D eigenvalue weighted by Gasteiger charge is 2.24. The number of rotatable bonds is 3. The lowest BCUT2D eigenvalue weighted by Gasteiger charge is -2.04. The zero-order chi connectivity index (χ0) is 10.1. The van der Waals surface area contributed by atoms with Crippen LogP contribution in [0.4, 0.5) is 5.69 Å². The van der Waals surface area contributed by atoms with Crippen molar-refractivity contribution in [1.82, 2.24) is 0 Å². The van der Waals surface area contributed by atoms with Gasteiger partial charge in [-0.3, -0.25) is 10.1 Å². The first-order valence-electron chi connectivity index (χ1n) is 4.58. The fourth-order valence-corrected chi connectivity index (χ4v) is 1.28. The Kier molecular flexibility index (Phi) is 2.11. The largest absolute Gasteiger partial charge is 0.490 e. The summed E-state index contributed by atoms with van der Waals surface area (Å²) in [4.78, 5) is 10.2. The lowest BCUT2D eigenvalue weighted by atomic mass is 10.2. The van der Waals surface area contributed by atoms with Gasteiger partial charge in [0, 0.05) is 6.07 Å². The summed E-state index contributed by atoms with van der Waals surface area (Å²) in [6, 6.07) is 4.84. The molecule has 0 aliphatic heterocycles. The van der Waals surface area contributed by atoms with Crippen molar-refractivity contribution in [2.45, 2.75) is 25.9 Å². The summed E-state index contributed by atoms with van der Waals surface area (Å²) in [5.41, 5.74) is 0.954. The smallest absolute Gasteiger partial charge is 0.273 e. The van der Waals surface area contributed by atoms with Crippen LogP contribution in [-0.2, 0) is 0 Å². The first-order chi connectivity index (χ1) is 6.65. The van der Waals surface area contributed by atoms with Crippen LogP contribution in [0, 0.1) is 17.0 Å². The highest BCUT2D eigenvalue weighted by atomic mass is 16.6. The number of nitro benzene ring substituents is 1. The lowest BCUT2D eigenvalue weighted by Crippen LogP contribution is -1.97. The summed E-state index contributed by atoms with van der Waals surface area (Å²) in [6.45, 7) is 1.83. The molecule has 0 N–H and O–H groups in total. The minimum Gasteiger partial charge on any atom is -0.490 e. The zero-order valence-electron chi connectivity index (χ0n) is 7.90. The molecule has 2 rings (SSSR count). The molecule has 1 aromatic carbocycles. The van der Waals surface area contributed by atoms with E-state index in [-0.39, 0.29) is 11.8 Å². The highest BCUT2D eigenvalue weighted by molar-refractivity contribution is 5.42. The standard InChI is InChI=1S/C10H11NO3/c1-7-4-8(11(12)13)6-10(5-7)14-9-2-3-9/h4-6,9H,2-3H2,1H3. The van der Waals surface area contributed by atoms with Gasteiger partial charge in [0.2, 0.25) is 0 Å². The van der Waals surface area contributed by atoms with Crippen molar-refractivity contribution in [2.75, 3.05) is 0 Å². The number of benzene rings is 1. The van der Waals surface area contributed by atoms with Crippen molar-refractivity contribution in [3.05, 3.63) is 33.9 Å². The van der Waals surface area contributed by atoms with E-state index in [1.54, 1.807) is 6.07 Å². The van der Waals surface area contributed by atoms with Crippen LogP contribution in [-0.4, -0.2) is 11.0 Å². The van der Waals surface area contributed by atoms with E-state index in [1.165, 1.54) is 6.07 Å². The molecule has 0 amide bonds. The van der Waals surface area contributed by atoms with Crippen LogP contribution in [0.3, 0.4) is 0 Å². The topological polar surface area (TPSA) is 52.4 Å². The summed E-state index contributed by atoms with van der Waals surface area (Å²) in [6.07, 6.45) is 2.39. The highest BCUT2D eigenvalue weighted by Crippen LogP contribution is 2.29. The second kappa shape index (κ2) is 3.29. The van der Waals surface area contributed by atoms with Gasteiger partial charge < -0.3 is 4.74 Å². The third-order valence-electron chi connectivity index (χ3n) is 2.07. The van der Waals surface area contributed by atoms with Crippen molar-refractivity contribution in [3.8, 4) is 5.75 Å². The molecular weight excluding hydrogens is 182 g/mol. The maximum atomic E-state index is 10.6. The van der Waals surface area contributed by atoms with Gasteiger partial charge in [-0.1, -0.05) is 0 Å². The molecule has 74 valence electrons. The average molecular weight is 193 g/mol. The molecule has 0 spiro atoms. The predicted molar refractivity (Wildman–Crippen MR) is 51.5 cm³/mol. The molecule has 0 bridgehead atoms. The van der Waals surface area contributed by atoms with Crippen LogP contribution in [0.15, 0.2) is 18.2 Å². The third kappa shape index (κ3) is 2.02. The normalized spacial score (nSPS) is 15.2. The van der Waals surface area contributed by atoms with Gasteiger partial charge in [-0.2, -0.15) is 0 Å². The van der Waals surface area contributed by atoms with E-state index >= 15 is 0 Å². The van der Waals surface area contributed by atoms with E-state index in [1.807, 2.05) is 13.0 Å². The minimum atomic E-state index is -0.396. The van der Waals surface area contributed by atoms with Crippen molar-refractivity contribution >= 4 is 5.69 Å². The SMILES string of the molecule is Cc1cc(OC2CC2)cc([N+](=O)[O-])c1. The van der Waals surface area contributed by atoms with Crippen LogP contribution in [0.2, 0.25) is 0 Å². The summed E-state index contributed by atoms with van der Waals surface area (Å²) in [5, 5.41) is 10.6. The molecule has 0 aromatic heterocycles. The first kappa shape index (κ1) is 8.99. The van der Waals surface area contributed by atoms with E-state index in [2.05, 4.69) is 0 Å². The van der Waals surface area contributed by atoms with E-state index in [9.17, 15) is 10.1 Å². The maximum absolute atomic E-state index is 10.6. The quantitative estimate of drug-likeness (QED) is 0.547. The van der Waals surface area contributed by atoms with E-state index in [4.69, 9.17) is 4.74 Å². The Morgan fingerprint density at radius 1 is 1.43 bits per heavy atom. The Labute approximate surface area is 81.7 Å². The molecule has 1 aromatic rings. The molecular formula is C10H11NO3. The third-order valence-corrected chi connectivity index (χ3v) is 2.07. The molecule has 0 saturated heterocycles. The minimum absolute atomic E-state index is 0.0978. The van der Waals surface area contributed by atoms with Crippen molar-refractivity contribution < 1.29 is 9.66 Å². The number of non-ortho nitro benzene ring substituents is 1. The molecule has 4 heteroatoms. The van der Waals surface area contributed by atoms with Crippen molar-refractivity contribution in [1.29, 1.82) is 0 Å². The number of nitrogens with zero attached hydrogens (tertiary/aromatic N) is 1. The zero-order valence-corrected chi connectivity index (χ0v) is 7.90. The lowest BCUT2D eigenvalue weighted by molar-refractivity contribution is -0.385. The summed E-state index contributed by atoms with van der Waals surface area (Å²) < 4.78 is 5.49. The van der Waals surface area contributed by atoms with Gasteiger partial charge in [0.05, 0.1) is 17.1 Å². The van der Waals surface area contributed by atoms with E-state index in [0.29, 0.717) is 5.75 Å². The molecule has 1 saturated carbocycles. The van der Waals surface area contributed by atoms with Crippen LogP contribution in [0.1, 0.15) is 18.4 Å². The fraction of sp³-hybridized carbons (Fsp3) is 0.400. The molecule has 1 fully saturated rings. The molecule has 1 aliphatic carbocycles. The molecule has 0 atom stereocenters. The van der Waals surface area contributed by atoms with Gasteiger partial charge in [-0.25, -0.2) is 0 Å². The molecule has 0 radical (unpaired) electrons. The molecule has 4 nitrogen and oxygen atoms in total. The van der Waals surface area contributed by atoms with Crippen molar-refractivity contribution in [2.24, 2.45) is 0 Å². The second-order valence-corrected chi connectivity index (χ2v) is 3.58. The first-order valence-corrected chi connectivity index (χ1v) is 4.58. The summed E-state index contributed by atoms with van der Waals surface area (Å²) >= 11 is 0. The number of aryl methyl sites for hydroxylation is 1. The Balaban J connectivity index is 2.25. The van der Waals surface area contributed by atoms with Crippen LogP contribution >= 0.6 is 0 Å². The Hall–Kier alpha value is -1.58. The summed E-state index contributed by atoms with van der Waals surface area (Å²) in [5.74, 6) is 0.610. The average Bonchev–Trinajstić information content (AvgIpc) is 2.87. The second-order valence-electron chi connectivity index (χ2n) is 3.58. The number of ether oxygens (including phenoxy) is 1. The molecule has 0 heterocycles. The number of nitro groups is 1. The monoisotopic (exact) mass is 193 g/mol. The Morgan fingerprint density at radius 2 is 2.14 bits per heavy atom. The van der Waals surface area contributed by atoms with Gasteiger partial charge in [0.25, 0.3) is 5.69 Å². The Morgan fingerprint density at radius 3 is 2.71 bits per heavy atom. The molecule has 1 aliphatic rings. The van der Waals surface area contributed by atoms with Gasteiger partial charge in [-0.05, 0) is 31.4 Å². The van der Waals surface area contributed by atoms with Crippen LogP contribution in [0.25, 0.3) is 0 Å². The van der Waals surface area contributed by atoms with Crippen LogP contribution < -0.4 is 4.74 Å². The number of hydrogen-bond acceptors (Lipinski definition) is 3. The fourth-order valence-electron chi connectivity index (χ4n) is 1.28. The van der Waals surface area contributed by atoms with Crippen LogP contribution in [0.5, 0.6) is 5.75 Å². The van der Waals surface area contributed by atoms with E-state index in [0.717, 1.165) is 18.4 Å². The van der Waals surface area contributed by atoms with Gasteiger partial charge >= 0.3 is 0 Å². The number of hydrogen-bond donors (Lipinski definition) is 0. The van der Waals surface area contributed by atoms with Gasteiger partial charge in [0.15, 0.2) is 0 Å². The molecule has 14 heavy (non-hydrogen) atoms. The summed E-state index contributed by atoms with van der Waals surface area (Å²) in [7, 11) is 0. The van der Waals surface area contributed by atoms with E-state index < -0.39 is 4.92 Å².